The van der Waals surface area contributed by atoms with Crippen molar-refractivity contribution >= 4 is 34.9 Å². The highest BCUT2D eigenvalue weighted by Gasteiger charge is 2.18. The van der Waals surface area contributed by atoms with E-state index in [1.165, 1.54) is 13.8 Å². The summed E-state index contributed by atoms with van der Waals surface area (Å²) < 4.78 is 20.2. The molecule has 0 aliphatic carbocycles. The van der Waals surface area contributed by atoms with Gasteiger partial charge >= 0.3 is 24.1 Å². The quantitative estimate of drug-likeness (QED) is 0.262. The van der Waals surface area contributed by atoms with Crippen molar-refractivity contribution < 1.29 is 43.2 Å². The highest BCUT2D eigenvalue weighted by Crippen LogP contribution is 2.41. The number of fused-ring (bicyclic) bond motifs is 1. The minimum Gasteiger partial charge on any atom is -0.504 e. The molecule has 2 aromatic carbocycles. The number of phenolic OH excluding ortho intramolecular Hbond substituents is 1. The van der Waals surface area contributed by atoms with Gasteiger partial charge in [0, 0.05) is 28.0 Å². The molecule has 11 heteroatoms. The van der Waals surface area contributed by atoms with Crippen molar-refractivity contribution in [2.24, 2.45) is 0 Å². The second kappa shape index (κ2) is 12.6. The SMILES string of the molecule is C=C(C)C(=O)OCCNC(=O)Oc1cc(O)c(OC(=O)NCCOC(=O)C(=C)C)c2ccccc12. The van der Waals surface area contributed by atoms with Crippen LogP contribution in [-0.4, -0.2) is 55.5 Å². The minimum atomic E-state index is -0.896. The molecule has 11 nitrogen and oxygen atoms in total. The number of hydrogen-bond donors (Lipinski definition) is 3. The molecule has 0 radical (unpaired) electrons. The Hall–Kier alpha value is -4.54. The van der Waals surface area contributed by atoms with Crippen LogP contribution in [0.1, 0.15) is 13.8 Å². The second-order valence-electron chi connectivity index (χ2n) is 7.23. The van der Waals surface area contributed by atoms with Gasteiger partial charge in [-0.2, -0.15) is 0 Å². The van der Waals surface area contributed by atoms with Gasteiger partial charge in [-0.15, -0.1) is 0 Å². The molecule has 0 fully saturated rings. The molecule has 35 heavy (non-hydrogen) atoms. The van der Waals surface area contributed by atoms with Crippen LogP contribution in [0.15, 0.2) is 54.6 Å². The first kappa shape index (κ1) is 26.7. The predicted octanol–water partition coefficient (Wildman–Crippen LogP) is 2.96. The molecule has 2 rings (SSSR count). The maximum atomic E-state index is 12.1. The van der Waals surface area contributed by atoms with E-state index in [1.807, 2.05) is 0 Å². The zero-order valence-electron chi connectivity index (χ0n) is 19.3. The van der Waals surface area contributed by atoms with Crippen LogP contribution >= 0.6 is 0 Å². The smallest absolute Gasteiger partial charge is 0.412 e. The molecule has 2 aromatic rings. The molecule has 0 aliphatic heterocycles. The van der Waals surface area contributed by atoms with Gasteiger partial charge in [0.25, 0.3) is 0 Å². The van der Waals surface area contributed by atoms with Crippen molar-refractivity contribution in [3.63, 3.8) is 0 Å². The third-order valence-electron chi connectivity index (χ3n) is 4.24. The number of ether oxygens (including phenoxy) is 4. The maximum Gasteiger partial charge on any atom is 0.412 e. The number of aromatic hydroxyl groups is 1. The Morgan fingerprint density at radius 1 is 0.829 bits per heavy atom. The predicted molar refractivity (Wildman–Crippen MR) is 125 cm³/mol. The number of benzene rings is 2. The molecule has 3 N–H and O–H groups in total. The molecule has 0 heterocycles. The zero-order valence-corrected chi connectivity index (χ0v) is 19.3. The molecule has 0 bridgehead atoms. The molecule has 0 aromatic heterocycles. The molecular formula is C24H26N2O9. The normalized spacial score (nSPS) is 10.1. The van der Waals surface area contributed by atoms with Crippen LogP contribution in [0.2, 0.25) is 0 Å². The number of phenols is 1. The lowest BCUT2D eigenvalue weighted by Gasteiger charge is -2.14. The summed E-state index contributed by atoms with van der Waals surface area (Å²) in [6.07, 6.45) is -1.75. The van der Waals surface area contributed by atoms with Crippen LogP contribution in [0.3, 0.4) is 0 Å². The van der Waals surface area contributed by atoms with Crippen molar-refractivity contribution in [1.82, 2.24) is 10.6 Å². The summed E-state index contributed by atoms with van der Waals surface area (Å²) in [7, 11) is 0. The summed E-state index contributed by atoms with van der Waals surface area (Å²) in [5, 5.41) is 15.9. The summed E-state index contributed by atoms with van der Waals surface area (Å²) in [4.78, 5) is 47.0. The molecular weight excluding hydrogens is 460 g/mol. The van der Waals surface area contributed by atoms with Crippen LogP contribution in [0, 0.1) is 0 Å². The Kier molecular flexibility index (Phi) is 9.64. The lowest BCUT2D eigenvalue weighted by atomic mass is 10.1. The summed E-state index contributed by atoms with van der Waals surface area (Å²) in [6.45, 7) is 9.68. The maximum absolute atomic E-state index is 12.1. The molecule has 0 atom stereocenters. The first-order valence-electron chi connectivity index (χ1n) is 10.4. The van der Waals surface area contributed by atoms with E-state index < -0.39 is 29.9 Å². The van der Waals surface area contributed by atoms with Crippen molar-refractivity contribution in [2.45, 2.75) is 13.8 Å². The fourth-order valence-electron chi connectivity index (χ4n) is 2.60. The van der Waals surface area contributed by atoms with E-state index in [9.17, 15) is 24.3 Å². The van der Waals surface area contributed by atoms with Crippen molar-refractivity contribution in [3.8, 4) is 17.2 Å². The summed E-state index contributed by atoms with van der Waals surface area (Å²) in [5.74, 6) is -1.77. The fraction of sp³-hybridized carbons (Fsp3) is 0.250. The van der Waals surface area contributed by atoms with Crippen LogP contribution in [-0.2, 0) is 19.1 Å². The average molecular weight is 486 g/mol. The van der Waals surface area contributed by atoms with Gasteiger partial charge in [-0.25, -0.2) is 19.2 Å². The topological polar surface area (TPSA) is 149 Å². The number of esters is 2. The minimum absolute atomic E-state index is 0.00833. The summed E-state index contributed by atoms with van der Waals surface area (Å²) in [6, 6.07) is 7.60. The van der Waals surface area contributed by atoms with Gasteiger partial charge in [0.2, 0.25) is 0 Å². The van der Waals surface area contributed by atoms with Gasteiger partial charge in [-0.3, -0.25) is 0 Å². The summed E-state index contributed by atoms with van der Waals surface area (Å²) >= 11 is 0. The van der Waals surface area contributed by atoms with Gasteiger partial charge in [0.05, 0.1) is 13.1 Å². The Bertz CT molecular complexity index is 1160. The molecule has 186 valence electrons. The Morgan fingerprint density at radius 3 is 1.83 bits per heavy atom. The third-order valence-corrected chi connectivity index (χ3v) is 4.24. The van der Waals surface area contributed by atoms with Crippen LogP contribution in [0.5, 0.6) is 17.2 Å². The molecule has 2 amide bonds. The van der Waals surface area contributed by atoms with Gasteiger partial charge in [-0.1, -0.05) is 37.4 Å². The van der Waals surface area contributed by atoms with E-state index >= 15 is 0 Å². The Morgan fingerprint density at radius 2 is 1.31 bits per heavy atom. The number of amides is 2. The van der Waals surface area contributed by atoms with E-state index in [0.717, 1.165) is 6.07 Å². The van der Waals surface area contributed by atoms with E-state index in [1.54, 1.807) is 24.3 Å². The molecule has 0 saturated carbocycles. The zero-order chi connectivity index (χ0) is 26.0. The van der Waals surface area contributed by atoms with Gasteiger partial charge in [-0.05, 0) is 13.8 Å². The van der Waals surface area contributed by atoms with E-state index in [0.29, 0.717) is 10.8 Å². The van der Waals surface area contributed by atoms with E-state index in [-0.39, 0.29) is 48.9 Å². The number of nitrogens with one attached hydrogen (secondary N) is 2. The van der Waals surface area contributed by atoms with Crippen LogP contribution < -0.4 is 20.1 Å². The lowest BCUT2D eigenvalue weighted by molar-refractivity contribution is -0.139. The standard InChI is InChI=1S/C24H26N2O9/c1-14(2)21(28)32-11-9-25-23(30)34-19-13-18(27)20(17-8-6-5-7-16(17)19)35-24(31)26-10-12-33-22(29)15(3)4/h5-8,13,27H,1,3,9-12H2,2,4H3,(H,25,30)(H,26,31). The largest absolute Gasteiger partial charge is 0.504 e. The monoisotopic (exact) mass is 486 g/mol. The first-order valence-corrected chi connectivity index (χ1v) is 10.4. The van der Waals surface area contributed by atoms with Crippen molar-refractivity contribution in [1.29, 1.82) is 0 Å². The highest BCUT2D eigenvalue weighted by atomic mass is 16.6. The van der Waals surface area contributed by atoms with Crippen molar-refractivity contribution in [2.75, 3.05) is 26.3 Å². The van der Waals surface area contributed by atoms with Gasteiger partial charge < -0.3 is 34.7 Å². The van der Waals surface area contributed by atoms with Crippen LogP contribution in [0.25, 0.3) is 10.8 Å². The molecule has 0 unspecified atom stereocenters. The number of carbonyl (C=O) groups excluding carboxylic acids is 4. The van der Waals surface area contributed by atoms with E-state index in [2.05, 4.69) is 23.8 Å². The molecule has 0 aliphatic rings. The third kappa shape index (κ3) is 8.07. The Balaban J connectivity index is 2.01. The fourth-order valence-corrected chi connectivity index (χ4v) is 2.60. The highest BCUT2D eigenvalue weighted by molar-refractivity contribution is 5.98. The van der Waals surface area contributed by atoms with E-state index in [4.69, 9.17) is 18.9 Å². The lowest BCUT2D eigenvalue weighted by Crippen LogP contribution is -2.31. The second-order valence-corrected chi connectivity index (χ2v) is 7.23. The Labute approximate surface area is 201 Å². The molecule has 0 spiro atoms. The first-order chi connectivity index (χ1) is 16.6. The van der Waals surface area contributed by atoms with Crippen LogP contribution in [0.4, 0.5) is 9.59 Å². The van der Waals surface area contributed by atoms with Gasteiger partial charge in [0.1, 0.15) is 19.0 Å². The number of hydrogen-bond acceptors (Lipinski definition) is 9. The molecule has 0 saturated heterocycles. The average Bonchev–Trinajstić information content (AvgIpc) is 2.81. The number of carbonyl (C=O) groups is 4. The van der Waals surface area contributed by atoms with Crippen molar-refractivity contribution in [3.05, 3.63) is 54.6 Å². The summed E-state index contributed by atoms with van der Waals surface area (Å²) in [5.41, 5.74) is 0.461. The van der Waals surface area contributed by atoms with Gasteiger partial charge in [0.15, 0.2) is 11.5 Å². The number of rotatable bonds is 10.